The van der Waals surface area contributed by atoms with E-state index in [4.69, 9.17) is 4.52 Å². The number of carbonyl (C=O) groups is 1. The number of aryl methyl sites for hydroxylation is 1. The van der Waals surface area contributed by atoms with Crippen molar-refractivity contribution in [3.63, 3.8) is 0 Å². The summed E-state index contributed by atoms with van der Waals surface area (Å²) in [5.41, 5.74) is 0.918. The van der Waals surface area contributed by atoms with Crippen LogP contribution in [-0.2, 0) is 13.6 Å². The summed E-state index contributed by atoms with van der Waals surface area (Å²) in [7, 11) is 1.82. The van der Waals surface area contributed by atoms with Crippen LogP contribution in [0.5, 0.6) is 0 Å². The van der Waals surface area contributed by atoms with Gasteiger partial charge in [0, 0.05) is 58.1 Å². The van der Waals surface area contributed by atoms with E-state index in [1.54, 1.807) is 28.1 Å². The van der Waals surface area contributed by atoms with Gasteiger partial charge in [-0.3, -0.25) is 14.9 Å². The molecule has 3 rings (SSSR count). The normalized spacial score (nSPS) is 16.1. The zero-order chi connectivity index (χ0) is 14.7. The summed E-state index contributed by atoms with van der Waals surface area (Å²) in [4.78, 5) is 16.2. The molecule has 0 spiro atoms. The zero-order valence-corrected chi connectivity index (χ0v) is 11.9. The van der Waals surface area contributed by atoms with Crippen LogP contribution < -0.4 is 5.32 Å². The molecule has 0 unspecified atom stereocenters. The molecule has 2 aromatic rings. The zero-order valence-electron chi connectivity index (χ0n) is 11.9. The molecule has 0 bridgehead atoms. The lowest BCUT2D eigenvalue weighted by Crippen LogP contribution is -2.49. The maximum absolute atomic E-state index is 12.1. The molecule has 1 aliphatic rings. The van der Waals surface area contributed by atoms with Crippen LogP contribution in [0.4, 0.5) is 10.6 Å². The van der Waals surface area contributed by atoms with Gasteiger partial charge in [-0.05, 0) is 0 Å². The van der Waals surface area contributed by atoms with Gasteiger partial charge in [-0.15, -0.1) is 0 Å². The summed E-state index contributed by atoms with van der Waals surface area (Å²) in [6.07, 6.45) is 3.37. The van der Waals surface area contributed by atoms with E-state index in [1.807, 2.05) is 13.1 Å². The van der Waals surface area contributed by atoms with Gasteiger partial charge in [0.15, 0.2) is 5.82 Å². The first-order chi connectivity index (χ1) is 10.2. The Labute approximate surface area is 122 Å². The molecule has 112 valence electrons. The van der Waals surface area contributed by atoms with Crippen LogP contribution in [0.1, 0.15) is 5.69 Å². The molecule has 8 nitrogen and oxygen atoms in total. The molecule has 1 saturated heterocycles. The summed E-state index contributed by atoms with van der Waals surface area (Å²) in [6, 6.07) is 3.54. The minimum absolute atomic E-state index is 0.102. The number of rotatable bonds is 3. The molecule has 1 fully saturated rings. The minimum Gasteiger partial charge on any atom is -0.364 e. The van der Waals surface area contributed by atoms with E-state index < -0.39 is 0 Å². The van der Waals surface area contributed by atoms with Gasteiger partial charge in [-0.25, -0.2) is 4.79 Å². The molecule has 2 amide bonds. The number of nitrogens with one attached hydrogen (secondary N) is 1. The van der Waals surface area contributed by atoms with E-state index in [9.17, 15) is 4.79 Å². The van der Waals surface area contributed by atoms with E-state index in [0.717, 1.165) is 25.3 Å². The Balaban J connectivity index is 1.47. The number of anilines is 1. The number of nitrogens with zero attached hydrogens (tertiary/aromatic N) is 5. The highest BCUT2D eigenvalue weighted by Gasteiger charge is 2.22. The molecule has 21 heavy (non-hydrogen) atoms. The molecule has 0 atom stereocenters. The van der Waals surface area contributed by atoms with Gasteiger partial charge in [0.1, 0.15) is 6.26 Å². The lowest BCUT2D eigenvalue weighted by atomic mass is 10.3. The molecule has 0 saturated carbocycles. The maximum atomic E-state index is 12.1. The highest BCUT2D eigenvalue weighted by Crippen LogP contribution is 2.09. The number of urea groups is 1. The third kappa shape index (κ3) is 3.40. The molecule has 0 aliphatic carbocycles. The minimum atomic E-state index is -0.102. The summed E-state index contributed by atoms with van der Waals surface area (Å²) < 4.78 is 6.48. The molecule has 3 heterocycles. The number of aromatic nitrogens is 3. The fourth-order valence-corrected chi connectivity index (χ4v) is 2.33. The predicted molar refractivity (Wildman–Crippen MR) is 75.6 cm³/mol. The first-order valence-electron chi connectivity index (χ1n) is 6.88. The number of hydrogen-bond donors (Lipinski definition) is 1. The van der Waals surface area contributed by atoms with Crippen molar-refractivity contribution in [2.45, 2.75) is 6.54 Å². The smallest absolute Gasteiger partial charge is 0.323 e. The van der Waals surface area contributed by atoms with Gasteiger partial charge in [0.2, 0.25) is 0 Å². The van der Waals surface area contributed by atoms with Gasteiger partial charge in [0.05, 0.1) is 5.69 Å². The van der Waals surface area contributed by atoms with Crippen LogP contribution in [0.3, 0.4) is 0 Å². The van der Waals surface area contributed by atoms with E-state index in [-0.39, 0.29) is 6.03 Å². The quantitative estimate of drug-likeness (QED) is 0.902. The first kappa shape index (κ1) is 13.6. The van der Waals surface area contributed by atoms with Crippen LogP contribution in [-0.4, -0.2) is 56.9 Å². The molecule has 1 N–H and O–H groups in total. The van der Waals surface area contributed by atoms with Crippen molar-refractivity contribution >= 4 is 11.8 Å². The van der Waals surface area contributed by atoms with Crippen LogP contribution in [0.25, 0.3) is 0 Å². The Morgan fingerprint density at radius 2 is 2.14 bits per heavy atom. The van der Waals surface area contributed by atoms with Crippen molar-refractivity contribution in [2.75, 3.05) is 31.5 Å². The molecule has 0 aromatic carbocycles. The van der Waals surface area contributed by atoms with E-state index in [2.05, 4.69) is 20.5 Å². The predicted octanol–water partition coefficient (Wildman–Crippen LogP) is 0.758. The van der Waals surface area contributed by atoms with E-state index in [0.29, 0.717) is 18.9 Å². The van der Waals surface area contributed by atoms with Gasteiger partial charge < -0.3 is 9.42 Å². The van der Waals surface area contributed by atoms with Crippen molar-refractivity contribution in [2.24, 2.45) is 7.05 Å². The van der Waals surface area contributed by atoms with Crippen molar-refractivity contribution in [3.05, 3.63) is 30.3 Å². The lowest BCUT2D eigenvalue weighted by molar-refractivity contribution is 0.141. The van der Waals surface area contributed by atoms with Crippen LogP contribution in [0.15, 0.2) is 29.1 Å². The van der Waals surface area contributed by atoms with Gasteiger partial charge in [0.25, 0.3) is 0 Å². The largest absolute Gasteiger partial charge is 0.364 e. The van der Waals surface area contributed by atoms with Crippen molar-refractivity contribution in [1.29, 1.82) is 0 Å². The summed E-state index contributed by atoms with van der Waals surface area (Å²) >= 11 is 0. The Kier molecular flexibility index (Phi) is 3.87. The Morgan fingerprint density at radius 1 is 1.33 bits per heavy atom. The molecular formula is C13H18N6O2. The highest BCUT2D eigenvalue weighted by atomic mass is 16.5. The van der Waals surface area contributed by atoms with Crippen molar-refractivity contribution in [3.8, 4) is 0 Å². The maximum Gasteiger partial charge on any atom is 0.323 e. The molecule has 8 heteroatoms. The second-order valence-corrected chi connectivity index (χ2v) is 5.06. The summed E-state index contributed by atoms with van der Waals surface area (Å²) in [5, 5.41) is 10.8. The Morgan fingerprint density at radius 3 is 2.76 bits per heavy atom. The number of carbonyl (C=O) groups excluding carboxylic acids is 1. The third-order valence-electron chi connectivity index (χ3n) is 3.48. The van der Waals surface area contributed by atoms with Crippen LogP contribution >= 0.6 is 0 Å². The molecule has 2 aromatic heterocycles. The molecule has 1 aliphatic heterocycles. The SMILES string of the molecule is Cn1ccc(NC(=O)N2CCN(Cc3ccon3)CC2)n1. The first-order valence-corrected chi connectivity index (χ1v) is 6.88. The van der Waals surface area contributed by atoms with Gasteiger partial charge in [-0.2, -0.15) is 5.10 Å². The number of piperazine rings is 1. The lowest BCUT2D eigenvalue weighted by Gasteiger charge is -2.34. The Bertz CT molecular complexity index is 586. The number of hydrogen-bond acceptors (Lipinski definition) is 5. The molecule has 0 radical (unpaired) electrons. The molecular weight excluding hydrogens is 272 g/mol. The van der Waals surface area contributed by atoms with Crippen LogP contribution in [0.2, 0.25) is 0 Å². The number of amides is 2. The third-order valence-corrected chi connectivity index (χ3v) is 3.48. The summed E-state index contributed by atoms with van der Waals surface area (Å²) in [5.74, 6) is 0.576. The van der Waals surface area contributed by atoms with Crippen LogP contribution in [0, 0.1) is 0 Å². The van der Waals surface area contributed by atoms with Gasteiger partial charge >= 0.3 is 6.03 Å². The second-order valence-electron chi connectivity index (χ2n) is 5.06. The van der Waals surface area contributed by atoms with Crippen molar-refractivity contribution < 1.29 is 9.32 Å². The average molecular weight is 290 g/mol. The van der Waals surface area contributed by atoms with Gasteiger partial charge in [-0.1, -0.05) is 5.16 Å². The second kappa shape index (κ2) is 5.96. The average Bonchev–Trinajstić information content (AvgIpc) is 3.12. The highest BCUT2D eigenvalue weighted by molar-refractivity contribution is 5.88. The topological polar surface area (TPSA) is 79.4 Å². The Hall–Kier alpha value is -2.35. The monoisotopic (exact) mass is 290 g/mol. The standard InChI is InChI=1S/C13H18N6O2/c1-17-4-2-12(15-17)14-13(20)19-7-5-18(6-8-19)10-11-3-9-21-16-11/h2-4,9H,5-8,10H2,1H3,(H,14,15,20). The van der Waals surface area contributed by atoms with E-state index >= 15 is 0 Å². The summed E-state index contributed by atoms with van der Waals surface area (Å²) in [6.45, 7) is 3.78. The van der Waals surface area contributed by atoms with E-state index in [1.165, 1.54) is 0 Å². The van der Waals surface area contributed by atoms with Crippen molar-refractivity contribution in [1.82, 2.24) is 24.7 Å². The fourth-order valence-electron chi connectivity index (χ4n) is 2.33. The fraction of sp³-hybridized carbons (Fsp3) is 0.462.